The molecule has 0 fully saturated rings. The minimum Gasteiger partial charge on any atom is -0.369 e. The summed E-state index contributed by atoms with van der Waals surface area (Å²) in [6.45, 7) is 14.5. The van der Waals surface area contributed by atoms with Crippen molar-refractivity contribution in [3.63, 3.8) is 0 Å². The van der Waals surface area contributed by atoms with E-state index >= 15 is 0 Å². The monoisotopic (exact) mass is 403 g/mol. The van der Waals surface area contributed by atoms with Crippen molar-refractivity contribution in [2.24, 2.45) is 0 Å². The predicted octanol–water partition coefficient (Wildman–Crippen LogP) is 7.31. The van der Waals surface area contributed by atoms with Crippen LogP contribution in [0.2, 0.25) is 0 Å². The molecule has 160 valence electrons. The van der Waals surface area contributed by atoms with E-state index in [0.717, 1.165) is 29.7 Å². The Morgan fingerprint density at radius 1 is 0.933 bits per heavy atom. The van der Waals surface area contributed by atoms with Crippen LogP contribution in [0.5, 0.6) is 0 Å². The first-order valence-electron chi connectivity index (χ1n) is 10.9. The minimum absolute atomic E-state index is 0. The molecular formula is C28H37NO. The molecule has 0 aromatic heterocycles. The van der Waals surface area contributed by atoms with Crippen molar-refractivity contribution in [2.45, 2.75) is 53.7 Å². The van der Waals surface area contributed by atoms with E-state index in [9.17, 15) is 5.11 Å². The second-order valence-corrected chi connectivity index (χ2v) is 7.16. The van der Waals surface area contributed by atoms with Crippen LogP contribution in [0.15, 0.2) is 73.3 Å². The molecule has 0 saturated carbocycles. The Balaban J connectivity index is 0.00000156. The molecule has 3 rings (SSSR count). The van der Waals surface area contributed by atoms with E-state index in [1.54, 1.807) is 0 Å². The van der Waals surface area contributed by atoms with Gasteiger partial charge in [0.15, 0.2) is 6.23 Å². The van der Waals surface area contributed by atoms with E-state index in [-0.39, 0.29) is 1.43 Å². The summed E-state index contributed by atoms with van der Waals surface area (Å²) in [5, 5.41) is 13.9. The van der Waals surface area contributed by atoms with Gasteiger partial charge in [-0.1, -0.05) is 94.9 Å². The van der Waals surface area contributed by atoms with Gasteiger partial charge in [-0.15, -0.1) is 0 Å². The second kappa shape index (κ2) is 11.4. The summed E-state index contributed by atoms with van der Waals surface area (Å²) >= 11 is 0. The van der Waals surface area contributed by atoms with Gasteiger partial charge in [0.1, 0.15) is 0 Å². The average molecular weight is 404 g/mol. The third-order valence-corrected chi connectivity index (χ3v) is 5.26. The summed E-state index contributed by atoms with van der Waals surface area (Å²) < 4.78 is 0. The number of aliphatic hydroxyl groups is 1. The lowest BCUT2D eigenvalue weighted by Gasteiger charge is -2.19. The lowest BCUT2D eigenvalue weighted by molar-refractivity contribution is 0.159. The predicted molar refractivity (Wildman–Crippen MR) is 132 cm³/mol. The Hall–Kier alpha value is -2.84. The average Bonchev–Trinajstić information content (AvgIpc) is 2.80. The van der Waals surface area contributed by atoms with Gasteiger partial charge in [-0.2, -0.15) is 0 Å². The number of hydrogen-bond acceptors (Lipinski definition) is 2. The van der Waals surface area contributed by atoms with Crippen LogP contribution in [0.25, 0.3) is 16.8 Å². The Labute approximate surface area is 183 Å². The highest BCUT2D eigenvalue weighted by molar-refractivity contribution is 5.71. The van der Waals surface area contributed by atoms with Crippen LogP contribution in [-0.4, -0.2) is 5.11 Å². The summed E-state index contributed by atoms with van der Waals surface area (Å²) in [5.74, 6) is 0. The van der Waals surface area contributed by atoms with Crippen LogP contribution in [0, 0.1) is 6.92 Å². The van der Waals surface area contributed by atoms with Gasteiger partial charge in [0.05, 0.1) is 0 Å². The zero-order chi connectivity index (χ0) is 22.1. The summed E-state index contributed by atoms with van der Waals surface area (Å²) in [5.41, 5.74) is 8.79. The highest BCUT2D eigenvalue weighted by atomic mass is 16.3. The van der Waals surface area contributed by atoms with Crippen molar-refractivity contribution >= 4 is 5.70 Å². The van der Waals surface area contributed by atoms with Crippen molar-refractivity contribution in [2.75, 3.05) is 0 Å². The van der Waals surface area contributed by atoms with Crippen LogP contribution in [0.4, 0.5) is 0 Å². The zero-order valence-electron chi connectivity index (χ0n) is 19.0. The summed E-state index contributed by atoms with van der Waals surface area (Å²) in [6.07, 6.45) is 1.09. The van der Waals surface area contributed by atoms with Crippen molar-refractivity contribution < 1.29 is 6.53 Å². The highest BCUT2D eigenvalue weighted by Crippen LogP contribution is 2.29. The molecule has 0 bridgehead atoms. The van der Waals surface area contributed by atoms with E-state index in [1.165, 1.54) is 27.8 Å². The maximum absolute atomic E-state index is 10.7. The molecule has 30 heavy (non-hydrogen) atoms. The van der Waals surface area contributed by atoms with Gasteiger partial charge in [-0.05, 0) is 59.2 Å². The molecule has 0 spiro atoms. The van der Waals surface area contributed by atoms with Gasteiger partial charge >= 0.3 is 0 Å². The molecule has 0 aliphatic rings. The highest BCUT2D eigenvalue weighted by Gasteiger charge is 2.13. The summed E-state index contributed by atoms with van der Waals surface area (Å²) in [7, 11) is 0. The molecule has 1 atom stereocenters. The fraction of sp³-hybridized carbons (Fsp3) is 0.286. The number of rotatable bonds is 7. The first-order chi connectivity index (χ1) is 14.5. The maximum atomic E-state index is 10.7. The molecule has 0 saturated heterocycles. The zero-order valence-corrected chi connectivity index (χ0v) is 19.0. The van der Waals surface area contributed by atoms with E-state index in [4.69, 9.17) is 0 Å². The van der Waals surface area contributed by atoms with Crippen LogP contribution in [-0.2, 0) is 12.8 Å². The molecule has 0 aliphatic carbocycles. The fourth-order valence-corrected chi connectivity index (χ4v) is 3.52. The van der Waals surface area contributed by atoms with E-state index in [1.807, 2.05) is 32.0 Å². The number of benzene rings is 3. The molecule has 2 N–H and O–H groups in total. The molecule has 0 amide bonds. The number of hydrogen-bond donors (Lipinski definition) is 2. The van der Waals surface area contributed by atoms with Crippen LogP contribution >= 0.6 is 0 Å². The summed E-state index contributed by atoms with van der Waals surface area (Å²) in [4.78, 5) is 0. The molecule has 2 nitrogen and oxygen atoms in total. The Bertz CT molecular complexity index is 980. The maximum Gasteiger partial charge on any atom is 0.150 e. The topological polar surface area (TPSA) is 32.3 Å². The lowest BCUT2D eigenvalue weighted by Crippen LogP contribution is -2.19. The van der Waals surface area contributed by atoms with Gasteiger partial charge < -0.3 is 10.4 Å². The lowest BCUT2D eigenvalue weighted by atomic mass is 9.93. The van der Waals surface area contributed by atoms with E-state index in [2.05, 4.69) is 81.2 Å². The molecule has 3 aromatic rings. The van der Waals surface area contributed by atoms with Gasteiger partial charge in [-0.3, -0.25) is 0 Å². The van der Waals surface area contributed by atoms with Gasteiger partial charge in [0.2, 0.25) is 0 Å². The fourth-order valence-electron chi connectivity index (χ4n) is 3.52. The molecule has 2 heteroatoms. The first-order valence-corrected chi connectivity index (χ1v) is 10.9. The largest absolute Gasteiger partial charge is 0.369 e. The van der Waals surface area contributed by atoms with Crippen molar-refractivity contribution in [1.82, 2.24) is 5.32 Å². The van der Waals surface area contributed by atoms with Gasteiger partial charge in [0, 0.05) is 12.7 Å². The molecular weight excluding hydrogens is 366 g/mol. The number of aryl methyl sites for hydroxylation is 3. The van der Waals surface area contributed by atoms with Crippen LogP contribution in [0.3, 0.4) is 0 Å². The molecule has 1 unspecified atom stereocenters. The van der Waals surface area contributed by atoms with E-state index < -0.39 is 6.23 Å². The SMILES string of the molecule is C=C(NC(O)c1ccc(-c2ccccc2C)c(CC)c1)c1cccc(CC)c1.CC.[HH]. The Morgan fingerprint density at radius 3 is 2.33 bits per heavy atom. The third-order valence-electron chi connectivity index (χ3n) is 5.26. The van der Waals surface area contributed by atoms with Gasteiger partial charge in [0.25, 0.3) is 0 Å². The normalized spacial score (nSPS) is 11.3. The minimum atomic E-state index is -0.797. The third kappa shape index (κ3) is 5.61. The smallest absolute Gasteiger partial charge is 0.150 e. The quantitative estimate of drug-likeness (QED) is 0.405. The standard InChI is InChI=1S/C26H29NO.C2H6.H2/c1-5-20-11-9-12-22(16-20)19(4)27-26(28)23-14-15-25(21(6-2)17-23)24-13-8-7-10-18(24)3;1-2;/h7-17,26-28H,4-6H2,1-3H3;1-2H3;1H. The van der Waals surface area contributed by atoms with Gasteiger partial charge in [-0.25, -0.2) is 0 Å². The molecule has 0 heterocycles. The van der Waals surface area contributed by atoms with Crippen molar-refractivity contribution in [1.29, 1.82) is 0 Å². The first kappa shape index (κ1) is 23.4. The number of nitrogens with one attached hydrogen (secondary N) is 1. The van der Waals surface area contributed by atoms with E-state index in [0.29, 0.717) is 0 Å². The Morgan fingerprint density at radius 2 is 1.67 bits per heavy atom. The Kier molecular flexibility index (Phi) is 8.89. The van der Waals surface area contributed by atoms with Crippen molar-refractivity contribution in [3.05, 3.63) is 101 Å². The molecule has 0 radical (unpaired) electrons. The van der Waals surface area contributed by atoms with Crippen LogP contribution in [0.1, 0.15) is 63.2 Å². The number of aliphatic hydroxyl groups excluding tert-OH is 1. The molecule has 3 aromatic carbocycles. The van der Waals surface area contributed by atoms with Crippen molar-refractivity contribution in [3.8, 4) is 11.1 Å². The summed E-state index contributed by atoms with van der Waals surface area (Å²) in [6, 6.07) is 22.9. The second-order valence-electron chi connectivity index (χ2n) is 7.16. The molecule has 0 aliphatic heterocycles. The van der Waals surface area contributed by atoms with Crippen LogP contribution < -0.4 is 5.32 Å².